The minimum absolute atomic E-state index is 0.315. The third-order valence-electron chi connectivity index (χ3n) is 4.45. The highest BCUT2D eigenvalue weighted by atomic mass is 16.2. The Hall–Kier alpha value is -0.830. The molecule has 2 N–H and O–H groups in total. The summed E-state index contributed by atoms with van der Waals surface area (Å²) in [6.07, 6.45) is 11.8. The van der Waals surface area contributed by atoms with Crippen LogP contribution in [0.1, 0.15) is 64.7 Å². The standard InChI is InChI=1S/C17H32N2O/c1-3-7-15(12-13-18)10-11-17(20)19(14-4-2)16-8-5-6-9-16/h4,15-16H,2-3,5-14,18H2,1H3. The highest BCUT2D eigenvalue weighted by Crippen LogP contribution is 2.25. The van der Waals surface area contributed by atoms with Gasteiger partial charge in [0.25, 0.3) is 0 Å². The molecule has 0 aliphatic heterocycles. The van der Waals surface area contributed by atoms with E-state index in [1.807, 2.05) is 6.08 Å². The zero-order chi connectivity index (χ0) is 14.8. The van der Waals surface area contributed by atoms with Crippen molar-refractivity contribution >= 4 is 5.91 Å². The van der Waals surface area contributed by atoms with E-state index in [0.717, 1.165) is 19.4 Å². The summed E-state index contributed by atoms with van der Waals surface area (Å²) >= 11 is 0. The van der Waals surface area contributed by atoms with E-state index in [1.54, 1.807) is 0 Å². The topological polar surface area (TPSA) is 46.3 Å². The first kappa shape index (κ1) is 17.2. The Balaban J connectivity index is 2.45. The second-order valence-electron chi connectivity index (χ2n) is 6.04. The van der Waals surface area contributed by atoms with Crippen LogP contribution in [0.2, 0.25) is 0 Å². The smallest absolute Gasteiger partial charge is 0.223 e. The molecule has 1 rings (SSSR count). The quantitative estimate of drug-likeness (QED) is 0.623. The molecule has 0 saturated heterocycles. The molecule has 1 amide bonds. The predicted octanol–water partition coefficient (Wildman–Crippen LogP) is 3.49. The van der Waals surface area contributed by atoms with Gasteiger partial charge in [0.15, 0.2) is 0 Å². The van der Waals surface area contributed by atoms with Gasteiger partial charge in [0.2, 0.25) is 5.91 Å². The second kappa shape index (κ2) is 9.98. The Morgan fingerprint density at radius 1 is 1.35 bits per heavy atom. The molecule has 0 heterocycles. The molecule has 1 unspecified atom stereocenters. The first-order valence-electron chi connectivity index (χ1n) is 8.33. The number of hydrogen-bond acceptors (Lipinski definition) is 2. The van der Waals surface area contributed by atoms with Gasteiger partial charge in [0, 0.05) is 19.0 Å². The Labute approximate surface area is 124 Å². The fourth-order valence-corrected chi connectivity index (χ4v) is 3.36. The number of amides is 1. The lowest BCUT2D eigenvalue weighted by Gasteiger charge is -2.28. The van der Waals surface area contributed by atoms with Crippen LogP contribution in [0.15, 0.2) is 12.7 Å². The molecule has 116 valence electrons. The monoisotopic (exact) mass is 280 g/mol. The lowest BCUT2D eigenvalue weighted by molar-refractivity contribution is -0.133. The van der Waals surface area contributed by atoms with Crippen LogP contribution in [0.3, 0.4) is 0 Å². The van der Waals surface area contributed by atoms with Gasteiger partial charge in [-0.25, -0.2) is 0 Å². The van der Waals surface area contributed by atoms with Crippen molar-refractivity contribution in [3.63, 3.8) is 0 Å². The minimum atomic E-state index is 0.315. The summed E-state index contributed by atoms with van der Waals surface area (Å²) in [7, 11) is 0. The third kappa shape index (κ3) is 5.66. The largest absolute Gasteiger partial charge is 0.336 e. The normalized spacial score (nSPS) is 17.1. The third-order valence-corrected chi connectivity index (χ3v) is 4.45. The van der Waals surface area contributed by atoms with Gasteiger partial charge in [-0.15, -0.1) is 6.58 Å². The second-order valence-corrected chi connectivity index (χ2v) is 6.04. The van der Waals surface area contributed by atoms with Crippen LogP contribution in [0.25, 0.3) is 0 Å². The first-order valence-corrected chi connectivity index (χ1v) is 8.33. The molecule has 1 fully saturated rings. The van der Waals surface area contributed by atoms with E-state index in [-0.39, 0.29) is 0 Å². The molecule has 0 bridgehead atoms. The van der Waals surface area contributed by atoms with Crippen molar-refractivity contribution in [3.05, 3.63) is 12.7 Å². The highest BCUT2D eigenvalue weighted by Gasteiger charge is 2.25. The zero-order valence-corrected chi connectivity index (χ0v) is 13.2. The van der Waals surface area contributed by atoms with E-state index in [0.29, 0.717) is 30.8 Å². The number of carbonyl (C=O) groups is 1. The molecule has 0 spiro atoms. The van der Waals surface area contributed by atoms with Crippen LogP contribution < -0.4 is 5.73 Å². The summed E-state index contributed by atoms with van der Waals surface area (Å²) < 4.78 is 0. The molecule has 0 radical (unpaired) electrons. The van der Waals surface area contributed by atoms with E-state index >= 15 is 0 Å². The van der Waals surface area contributed by atoms with Crippen LogP contribution in [0, 0.1) is 5.92 Å². The van der Waals surface area contributed by atoms with Gasteiger partial charge >= 0.3 is 0 Å². The first-order chi connectivity index (χ1) is 9.72. The van der Waals surface area contributed by atoms with E-state index in [1.165, 1.54) is 38.5 Å². The molecule has 0 aromatic heterocycles. The van der Waals surface area contributed by atoms with E-state index in [2.05, 4.69) is 18.4 Å². The SMILES string of the molecule is C=CCN(C(=O)CCC(CCC)CCN)C1CCCC1. The van der Waals surface area contributed by atoms with Crippen molar-refractivity contribution in [1.29, 1.82) is 0 Å². The Morgan fingerprint density at radius 2 is 2.05 bits per heavy atom. The number of carbonyl (C=O) groups excluding carboxylic acids is 1. The minimum Gasteiger partial charge on any atom is -0.336 e. The van der Waals surface area contributed by atoms with Crippen molar-refractivity contribution < 1.29 is 4.79 Å². The number of rotatable bonds is 10. The van der Waals surface area contributed by atoms with Gasteiger partial charge in [-0.3, -0.25) is 4.79 Å². The maximum absolute atomic E-state index is 12.5. The lowest BCUT2D eigenvalue weighted by Crippen LogP contribution is -2.39. The van der Waals surface area contributed by atoms with E-state index < -0.39 is 0 Å². The molecule has 1 atom stereocenters. The summed E-state index contributed by atoms with van der Waals surface area (Å²) in [5.41, 5.74) is 5.66. The Bertz CT molecular complexity index is 279. The van der Waals surface area contributed by atoms with Gasteiger partial charge in [0.05, 0.1) is 0 Å². The summed E-state index contributed by atoms with van der Waals surface area (Å²) in [6, 6.07) is 0.458. The molecule has 3 heteroatoms. The molecule has 1 aliphatic rings. The van der Waals surface area contributed by atoms with Gasteiger partial charge < -0.3 is 10.6 Å². The fraction of sp³-hybridized carbons (Fsp3) is 0.824. The van der Waals surface area contributed by atoms with Crippen molar-refractivity contribution in [1.82, 2.24) is 4.90 Å². The van der Waals surface area contributed by atoms with Crippen molar-refractivity contribution in [2.75, 3.05) is 13.1 Å². The molecule has 0 aromatic carbocycles. The maximum Gasteiger partial charge on any atom is 0.223 e. The molecule has 0 aromatic rings. The molecular weight excluding hydrogens is 248 g/mol. The van der Waals surface area contributed by atoms with Crippen LogP contribution in [0.5, 0.6) is 0 Å². The summed E-state index contributed by atoms with van der Waals surface area (Å²) in [6.45, 7) is 7.44. The van der Waals surface area contributed by atoms with Gasteiger partial charge in [-0.2, -0.15) is 0 Å². The molecule has 1 aliphatic carbocycles. The zero-order valence-electron chi connectivity index (χ0n) is 13.2. The summed E-state index contributed by atoms with van der Waals surface area (Å²) in [5.74, 6) is 0.929. The summed E-state index contributed by atoms with van der Waals surface area (Å²) in [5, 5.41) is 0. The van der Waals surface area contributed by atoms with Crippen LogP contribution in [-0.2, 0) is 4.79 Å². The van der Waals surface area contributed by atoms with Crippen LogP contribution >= 0.6 is 0 Å². The van der Waals surface area contributed by atoms with Crippen molar-refractivity contribution in [2.24, 2.45) is 11.7 Å². The predicted molar refractivity (Wildman–Crippen MR) is 85.5 cm³/mol. The molecule has 3 nitrogen and oxygen atoms in total. The van der Waals surface area contributed by atoms with Crippen LogP contribution in [-0.4, -0.2) is 29.9 Å². The van der Waals surface area contributed by atoms with Gasteiger partial charge in [-0.1, -0.05) is 38.7 Å². The molecular formula is C17H32N2O. The number of nitrogens with zero attached hydrogens (tertiary/aromatic N) is 1. The van der Waals surface area contributed by atoms with E-state index in [4.69, 9.17) is 5.73 Å². The average Bonchev–Trinajstić information content (AvgIpc) is 2.96. The van der Waals surface area contributed by atoms with Gasteiger partial charge in [-0.05, 0) is 38.1 Å². The van der Waals surface area contributed by atoms with Crippen molar-refractivity contribution in [2.45, 2.75) is 70.8 Å². The number of hydrogen-bond donors (Lipinski definition) is 1. The van der Waals surface area contributed by atoms with Crippen LogP contribution in [0.4, 0.5) is 0 Å². The molecule has 20 heavy (non-hydrogen) atoms. The van der Waals surface area contributed by atoms with E-state index in [9.17, 15) is 4.79 Å². The highest BCUT2D eigenvalue weighted by molar-refractivity contribution is 5.76. The Morgan fingerprint density at radius 3 is 2.60 bits per heavy atom. The summed E-state index contributed by atoms with van der Waals surface area (Å²) in [4.78, 5) is 14.5. The maximum atomic E-state index is 12.5. The lowest BCUT2D eigenvalue weighted by atomic mass is 9.94. The van der Waals surface area contributed by atoms with Crippen molar-refractivity contribution in [3.8, 4) is 0 Å². The molecule has 1 saturated carbocycles. The average molecular weight is 280 g/mol. The fourth-order valence-electron chi connectivity index (χ4n) is 3.36. The van der Waals surface area contributed by atoms with Gasteiger partial charge in [0.1, 0.15) is 0 Å². The number of nitrogens with two attached hydrogens (primary N) is 1. The Kier molecular flexibility index (Phi) is 8.59.